The first-order valence-electron chi connectivity index (χ1n) is 6.75. The minimum absolute atomic E-state index is 0.106. The van der Waals surface area contributed by atoms with E-state index in [1.54, 1.807) is 18.2 Å². The van der Waals surface area contributed by atoms with Crippen molar-refractivity contribution < 1.29 is 13.5 Å². The Hall–Kier alpha value is -0.910. The standard InChI is InChI=1S/C14H21NO3S/c1-12-6-5-8-14(10-12)19(17,18)15-9-4-2-3-7-13(15)11-16/h5-6,8,10,13,16H,2-4,7,9,11H2,1H3. The molecule has 5 heteroatoms. The molecule has 1 aliphatic rings. The van der Waals surface area contributed by atoms with E-state index in [0.717, 1.165) is 31.2 Å². The summed E-state index contributed by atoms with van der Waals surface area (Å²) in [6.45, 7) is 2.28. The van der Waals surface area contributed by atoms with Crippen molar-refractivity contribution in [2.75, 3.05) is 13.2 Å². The van der Waals surface area contributed by atoms with Gasteiger partial charge in [-0.05, 0) is 37.5 Å². The quantitative estimate of drug-likeness (QED) is 0.922. The third-order valence-corrected chi connectivity index (χ3v) is 5.58. The van der Waals surface area contributed by atoms with Gasteiger partial charge in [0.2, 0.25) is 10.0 Å². The topological polar surface area (TPSA) is 57.6 Å². The van der Waals surface area contributed by atoms with Crippen LogP contribution in [-0.4, -0.2) is 37.0 Å². The summed E-state index contributed by atoms with van der Waals surface area (Å²) in [7, 11) is -3.50. The monoisotopic (exact) mass is 283 g/mol. The van der Waals surface area contributed by atoms with Gasteiger partial charge in [0.25, 0.3) is 0 Å². The zero-order chi connectivity index (χ0) is 13.9. The Balaban J connectivity index is 2.36. The summed E-state index contributed by atoms with van der Waals surface area (Å²) in [6, 6.07) is 6.67. The third kappa shape index (κ3) is 3.16. The fraction of sp³-hybridized carbons (Fsp3) is 0.571. The maximum Gasteiger partial charge on any atom is 0.243 e. The van der Waals surface area contributed by atoms with Gasteiger partial charge in [-0.25, -0.2) is 8.42 Å². The van der Waals surface area contributed by atoms with Gasteiger partial charge in [0.05, 0.1) is 11.5 Å². The van der Waals surface area contributed by atoms with Gasteiger partial charge in [-0.1, -0.05) is 25.0 Å². The van der Waals surface area contributed by atoms with Crippen LogP contribution in [0.25, 0.3) is 0 Å². The number of hydrogen-bond donors (Lipinski definition) is 1. The van der Waals surface area contributed by atoms with Crippen LogP contribution in [0, 0.1) is 6.92 Å². The zero-order valence-corrected chi connectivity index (χ0v) is 12.1. The lowest BCUT2D eigenvalue weighted by molar-refractivity contribution is 0.186. The van der Waals surface area contributed by atoms with Crippen LogP contribution in [0.4, 0.5) is 0 Å². The summed E-state index contributed by atoms with van der Waals surface area (Å²) >= 11 is 0. The molecule has 19 heavy (non-hydrogen) atoms. The number of aliphatic hydroxyl groups excluding tert-OH is 1. The molecule has 0 amide bonds. The Morgan fingerprint density at radius 1 is 1.32 bits per heavy atom. The number of hydrogen-bond acceptors (Lipinski definition) is 3. The molecular weight excluding hydrogens is 262 g/mol. The molecule has 1 atom stereocenters. The number of benzene rings is 1. The predicted molar refractivity (Wildman–Crippen MR) is 74.4 cm³/mol. The highest BCUT2D eigenvalue weighted by molar-refractivity contribution is 7.89. The maximum atomic E-state index is 12.7. The molecule has 0 spiro atoms. The van der Waals surface area contributed by atoms with E-state index in [9.17, 15) is 13.5 Å². The second-order valence-electron chi connectivity index (χ2n) is 5.12. The number of aryl methyl sites for hydroxylation is 1. The number of aliphatic hydroxyl groups is 1. The maximum absolute atomic E-state index is 12.7. The Bertz CT molecular complexity index is 527. The molecule has 1 N–H and O–H groups in total. The highest BCUT2D eigenvalue weighted by atomic mass is 32.2. The number of nitrogens with zero attached hydrogens (tertiary/aromatic N) is 1. The van der Waals surface area contributed by atoms with E-state index in [-0.39, 0.29) is 12.6 Å². The lowest BCUT2D eigenvalue weighted by atomic mass is 10.1. The van der Waals surface area contributed by atoms with E-state index in [1.165, 1.54) is 4.31 Å². The van der Waals surface area contributed by atoms with Crippen LogP contribution in [0.1, 0.15) is 31.2 Å². The Morgan fingerprint density at radius 2 is 2.11 bits per heavy atom. The first kappa shape index (κ1) is 14.5. The summed E-state index contributed by atoms with van der Waals surface area (Å²) in [4.78, 5) is 0.327. The molecule has 0 aromatic heterocycles. The van der Waals surface area contributed by atoms with Crippen molar-refractivity contribution in [2.45, 2.75) is 43.5 Å². The lowest BCUT2D eigenvalue weighted by Crippen LogP contribution is -2.42. The van der Waals surface area contributed by atoms with E-state index < -0.39 is 10.0 Å². The Kier molecular flexibility index (Phi) is 4.60. The van der Waals surface area contributed by atoms with E-state index in [0.29, 0.717) is 11.4 Å². The summed E-state index contributed by atoms with van der Waals surface area (Å²) in [5, 5.41) is 9.45. The molecule has 1 unspecified atom stereocenters. The van der Waals surface area contributed by atoms with Crippen molar-refractivity contribution in [1.82, 2.24) is 4.31 Å². The van der Waals surface area contributed by atoms with Crippen LogP contribution in [0.15, 0.2) is 29.2 Å². The SMILES string of the molecule is Cc1cccc(S(=O)(=O)N2CCCCCC2CO)c1. The summed E-state index contributed by atoms with van der Waals surface area (Å²) in [5.74, 6) is 0. The molecule has 0 bridgehead atoms. The predicted octanol–water partition coefficient (Wildman–Crippen LogP) is 1.92. The van der Waals surface area contributed by atoms with Crippen LogP contribution in [0.3, 0.4) is 0 Å². The third-order valence-electron chi connectivity index (χ3n) is 3.63. The molecule has 2 rings (SSSR count). The van der Waals surface area contributed by atoms with Gasteiger partial charge in [0, 0.05) is 12.6 Å². The average Bonchev–Trinajstić information content (AvgIpc) is 2.64. The molecule has 1 aromatic rings. The molecule has 0 saturated carbocycles. The van der Waals surface area contributed by atoms with Crippen molar-refractivity contribution >= 4 is 10.0 Å². The van der Waals surface area contributed by atoms with Crippen molar-refractivity contribution in [3.63, 3.8) is 0 Å². The Labute approximate surface area is 115 Å². The molecule has 1 aliphatic heterocycles. The van der Waals surface area contributed by atoms with Crippen molar-refractivity contribution in [1.29, 1.82) is 0 Å². The normalized spacial score (nSPS) is 22.1. The molecule has 1 fully saturated rings. The van der Waals surface area contributed by atoms with Gasteiger partial charge in [-0.3, -0.25) is 0 Å². The molecule has 1 saturated heterocycles. The van der Waals surface area contributed by atoms with Gasteiger partial charge < -0.3 is 5.11 Å². The van der Waals surface area contributed by atoms with Gasteiger partial charge in [0.1, 0.15) is 0 Å². The number of sulfonamides is 1. The van der Waals surface area contributed by atoms with E-state index in [1.807, 2.05) is 13.0 Å². The average molecular weight is 283 g/mol. The van der Waals surface area contributed by atoms with Crippen LogP contribution in [-0.2, 0) is 10.0 Å². The second-order valence-corrected chi connectivity index (χ2v) is 7.01. The highest BCUT2D eigenvalue weighted by Gasteiger charge is 2.31. The first-order valence-corrected chi connectivity index (χ1v) is 8.19. The molecule has 1 aromatic carbocycles. The molecule has 106 valence electrons. The zero-order valence-electron chi connectivity index (χ0n) is 11.2. The van der Waals surface area contributed by atoms with Gasteiger partial charge in [0.15, 0.2) is 0 Å². The van der Waals surface area contributed by atoms with E-state index in [2.05, 4.69) is 0 Å². The van der Waals surface area contributed by atoms with Crippen molar-refractivity contribution in [2.24, 2.45) is 0 Å². The van der Waals surface area contributed by atoms with Crippen LogP contribution in [0.2, 0.25) is 0 Å². The van der Waals surface area contributed by atoms with Crippen LogP contribution in [0.5, 0.6) is 0 Å². The molecule has 4 nitrogen and oxygen atoms in total. The summed E-state index contributed by atoms with van der Waals surface area (Å²) in [6.07, 6.45) is 3.60. The van der Waals surface area contributed by atoms with Gasteiger partial charge >= 0.3 is 0 Å². The molecule has 0 aliphatic carbocycles. The molecular formula is C14H21NO3S. The molecule has 1 heterocycles. The number of rotatable bonds is 3. The molecule has 0 radical (unpaired) electrons. The summed E-state index contributed by atoms with van der Waals surface area (Å²) < 4.78 is 26.8. The van der Waals surface area contributed by atoms with Crippen molar-refractivity contribution in [3.8, 4) is 0 Å². The van der Waals surface area contributed by atoms with Gasteiger partial charge in [-0.15, -0.1) is 0 Å². The van der Waals surface area contributed by atoms with Gasteiger partial charge in [-0.2, -0.15) is 4.31 Å². The second kappa shape index (κ2) is 6.03. The van der Waals surface area contributed by atoms with Crippen molar-refractivity contribution in [3.05, 3.63) is 29.8 Å². The van der Waals surface area contributed by atoms with E-state index >= 15 is 0 Å². The first-order chi connectivity index (χ1) is 9.05. The summed E-state index contributed by atoms with van der Waals surface area (Å²) in [5.41, 5.74) is 0.927. The van der Waals surface area contributed by atoms with Crippen LogP contribution < -0.4 is 0 Å². The van der Waals surface area contributed by atoms with E-state index in [4.69, 9.17) is 0 Å². The highest BCUT2D eigenvalue weighted by Crippen LogP contribution is 2.25. The largest absolute Gasteiger partial charge is 0.395 e. The fourth-order valence-corrected chi connectivity index (χ4v) is 4.35. The smallest absolute Gasteiger partial charge is 0.243 e. The minimum atomic E-state index is -3.50. The fourth-order valence-electron chi connectivity index (χ4n) is 2.56. The minimum Gasteiger partial charge on any atom is -0.395 e. The Morgan fingerprint density at radius 3 is 2.79 bits per heavy atom. The lowest BCUT2D eigenvalue weighted by Gasteiger charge is -2.27. The van der Waals surface area contributed by atoms with Crippen LogP contribution >= 0.6 is 0 Å².